The van der Waals surface area contributed by atoms with Crippen LogP contribution in [-0.4, -0.2) is 23.9 Å². The Bertz CT molecular complexity index is 1350. The highest BCUT2D eigenvalue weighted by Crippen LogP contribution is 2.51. The van der Waals surface area contributed by atoms with Gasteiger partial charge in [0.15, 0.2) is 0 Å². The molecular weight excluding hydrogens is 448 g/mol. The Morgan fingerprint density at radius 1 is 1.00 bits per heavy atom. The van der Waals surface area contributed by atoms with Crippen LogP contribution in [0.25, 0.3) is 5.70 Å². The Balaban J connectivity index is 1.77. The maximum Gasteiger partial charge on any atom is 0.337 e. The Kier molecular flexibility index (Phi) is 5.50. The van der Waals surface area contributed by atoms with Gasteiger partial charge in [0.25, 0.3) is 0 Å². The number of fused-ring (bicyclic) bond motifs is 2. The average Bonchev–Trinajstić information content (AvgIpc) is 3.13. The number of nitrogens with zero attached hydrogens (tertiary/aromatic N) is 1. The lowest BCUT2D eigenvalue weighted by molar-refractivity contribution is -0.138. The Morgan fingerprint density at radius 2 is 1.68 bits per heavy atom. The highest BCUT2D eigenvalue weighted by atomic mass is 35.5. The topological polar surface area (TPSA) is 58.6 Å². The van der Waals surface area contributed by atoms with E-state index in [4.69, 9.17) is 16.3 Å². The summed E-state index contributed by atoms with van der Waals surface area (Å²) in [7, 11) is 1.34. The van der Waals surface area contributed by atoms with Crippen molar-refractivity contribution in [2.75, 3.05) is 12.4 Å². The zero-order chi connectivity index (χ0) is 23.9. The summed E-state index contributed by atoms with van der Waals surface area (Å²) >= 11 is 6.10. The molecule has 2 heterocycles. The lowest BCUT2D eigenvalue weighted by Crippen LogP contribution is -2.44. The fourth-order valence-electron chi connectivity index (χ4n) is 4.86. The fraction of sp³-hybridized carbons (Fsp3) is 0.143. The van der Waals surface area contributed by atoms with Crippen molar-refractivity contribution < 1.29 is 14.3 Å². The summed E-state index contributed by atoms with van der Waals surface area (Å²) in [6.45, 7) is 2.36. The summed E-state index contributed by atoms with van der Waals surface area (Å²) in [6.07, 6.45) is 1.90. The molecular formula is C28H23ClN2O3. The van der Waals surface area contributed by atoms with Crippen molar-refractivity contribution >= 4 is 34.9 Å². The number of carbonyl (C=O) groups is 2. The number of nitrogens with one attached hydrogen (secondary N) is 1. The number of halogens is 1. The summed E-state index contributed by atoms with van der Waals surface area (Å²) in [4.78, 5) is 28.9. The number of ether oxygens (including phenoxy) is 1. The second-order valence-electron chi connectivity index (χ2n) is 8.37. The molecule has 0 saturated heterocycles. The van der Waals surface area contributed by atoms with Gasteiger partial charge in [-0.1, -0.05) is 72.3 Å². The predicted molar refractivity (Wildman–Crippen MR) is 133 cm³/mol. The van der Waals surface area contributed by atoms with E-state index in [0.29, 0.717) is 28.5 Å². The number of para-hydroxylation sites is 1. The van der Waals surface area contributed by atoms with Crippen LogP contribution in [0.5, 0.6) is 0 Å². The van der Waals surface area contributed by atoms with Crippen LogP contribution in [0.15, 0.2) is 96.2 Å². The smallest absolute Gasteiger partial charge is 0.337 e. The third-order valence-electron chi connectivity index (χ3n) is 6.48. The molecule has 1 spiro atoms. The summed E-state index contributed by atoms with van der Waals surface area (Å²) in [5.74, 6) is -0.804. The van der Waals surface area contributed by atoms with Crippen molar-refractivity contribution in [2.45, 2.75) is 18.9 Å². The van der Waals surface area contributed by atoms with Gasteiger partial charge >= 0.3 is 5.97 Å². The molecule has 0 bridgehead atoms. The quantitative estimate of drug-likeness (QED) is 0.509. The zero-order valence-electron chi connectivity index (χ0n) is 18.8. The van der Waals surface area contributed by atoms with Gasteiger partial charge in [-0.2, -0.15) is 0 Å². The molecule has 1 amide bonds. The second kappa shape index (κ2) is 8.50. The number of hydrogen-bond acceptors (Lipinski definition) is 4. The maximum absolute atomic E-state index is 13.6. The number of benzene rings is 3. The number of amides is 1. The maximum atomic E-state index is 13.6. The summed E-state index contributed by atoms with van der Waals surface area (Å²) in [6, 6.07) is 25.0. The van der Waals surface area contributed by atoms with Crippen LogP contribution in [-0.2, 0) is 26.3 Å². The first-order valence-electron chi connectivity index (χ1n) is 11.0. The zero-order valence-corrected chi connectivity index (χ0v) is 19.6. The van der Waals surface area contributed by atoms with Gasteiger partial charge in [0.2, 0.25) is 5.91 Å². The number of hydrogen-bond donors (Lipinski definition) is 1. The van der Waals surface area contributed by atoms with E-state index in [9.17, 15) is 9.59 Å². The number of carbonyl (C=O) groups excluding carboxylic acids is 2. The van der Waals surface area contributed by atoms with Crippen molar-refractivity contribution in [3.63, 3.8) is 0 Å². The van der Waals surface area contributed by atoms with Crippen molar-refractivity contribution in [1.29, 1.82) is 0 Å². The van der Waals surface area contributed by atoms with Crippen molar-refractivity contribution in [3.05, 3.63) is 118 Å². The van der Waals surface area contributed by atoms with Gasteiger partial charge in [-0.25, -0.2) is 4.79 Å². The van der Waals surface area contributed by atoms with Crippen molar-refractivity contribution in [2.24, 2.45) is 0 Å². The molecule has 0 fully saturated rings. The van der Waals surface area contributed by atoms with Crippen molar-refractivity contribution in [1.82, 2.24) is 4.90 Å². The molecule has 3 aromatic carbocycles. The molecule has 2 aliphatic rings. The third-order valence-corrected chi connectivity index (χ3v) is 6.73. The number of methoxy groups -OCH3 is 1. The van der Waals surface area contributed by atoms with Crippen LogP contribution in [0.1, 0.15) is 23.6 Å². The molecule has 0 saturated carbocycles. The molecule has 170 valence electrons. The molecule has 5 rings (SSSR count). The molecule has 1 N–H and O–H groups in total. The van der Waals surface area contributed by atoms with Gasteiger partial charge in [-0.3, -0.25) is 4.79 Å². The minimum absolute atomic E-state index is 0.270. The van der Waals surface area contributed by atoms with Gasteiger partial charge in [-0.15, -0.1) is 0 Å². The Labute approximate surface area is 203 Å². The van der Waals surface area contributed by atoms with Crippen LogP contribution in [0.2, 0.25) is 5.02 Å². The van der Waals surface area contributed by atoms with Crippen LogP contribution in [0.4, 0.5) is 5.69 Å². The number of rotatable bonds is 4. The van der Waals surface area contributed by atoms with Gasteiger partial charge < -0.3 is 15.0 Å². The molecule has 3 aromatic rings. The highest BCUT2D eigenvalue weighted by molar-refractivity contribution is 6.30. The molecule has 0 aromatic heterocycles. The van der Waals surface area contributed by atoms with E-state index in [1.54, 1.807) is 0 Å². The first-order chi connectivity index (χ1) is 16.5. The van der Waals surface area contributed by atoms with E-state index in [0.717, 1.165) is 22.4 Å². The van der Waals surface area contributed by atoms with Crippen molar-refractivity contribution in [3.8, 4) is 0 Å². The molecule has 0 unspecified atom stereocenters. The monoisotopic (exact) mass is 470 g/mol. The molecule has 6 heteroatoms. The van der Waals surface area contributed by atoms with E-state index in [2.05, 4.69) is 10.2 Å². The highest BCUT2D eigenvalue weighted by Gasteiger charge is 2.54. The fourth-order valence-corrected chi connectivity index (χ4v) is 4.99. The molecule has 0 aliphatic carbocycles. The lowest BCUT2D eigenvalue weighted by atomic mass is 9.71. The second-order valence-corrected chi connectivity index (χ2v) is 8.80. The van der Waals surface area contributed by atoms with Crippen LogP contribution < -0.4 is 5.32 Å². The molecule has 2 aliphatic heterocycles. The average molecular weight is 471 g/mol. The number of anilines is 1. The lowest BCUT2D eigenvalue weighted by Gasteiger charge is -2.40. The standard InChI is InChI=1S/C28H23ClN2O3/c1-18-25(26(32)34-2)28(22-10-6-7-11-23(22)30-27(28)33)16-24(20-8-4-3-5-9-20)31(18)17-19-12-14-21(29)15-13-19/h3-16H,17H2,1-2H3,(H,30,33)/t28-/m1/s1. The molecule has 0 radical (unpaired) electrons. The Hall–Kier alpha value is -3.83. The van der Waals surface area contributed by atoms with Crippen LogP contribution >= 0.6 is 11.6 Å². The largest absolute Gasteiger partial charge is 0.466 e. The van der Waals surface area contributed by atoms with E-state index in [1.807, 2.05) is 91.9 Å². The van der Waals surface area contributed by atoms with Gasteiger partial charge in [0, 0.05) is 28.6 Å². The normalized spacial score (nSPS) is 19.1. The van der Waals surface area contributed by atoms with Crippen LogP contribution in [0.3, 0.4) is 0 Å². The van der Waals surface area contributed by atoms with E-state index < -0.39 is 11.4 Å². The van der Waals surface area contributed by atoms with Gasteiger partial charge in [-0.05, 0) is 47.9 Å². The molecule has 1 atom stereocenters. The minimum Gasteiger partial charge on any atom is -0.466 e. The van der Waals surface area contributed by atoms with E-state index in [1.165, 1.54) is 7.11 Å². The molecule has 34 heavy (non-hydrogen) atoms. The molecule has 5 nitrogen and oxygen atoms in total. The van der Waals surface area contributed by atoms with Crippen LogP contribution in [0, 0.1) is 0 Å². The van der Waals surface area contributed by atoms with E-state index in [-0.39, 0.29) is 5.91 Å². The summed E-state index contributed by atoms with van der Waals surface area (Å²) in [5, 5.41) is 3.63. The predicted octanol–water partition coefficient (Wildman–Crippen LogP) is 5.53. The van der Waals surface area contributed by atoms with Gasteiger partial charge in [0.05, 0.1) is 12.7 Å². The number of allylic oxidation sites excluding steroid dienone is 1. The van der Waals surface area contributed by atoms with Gasteiger partial charge in [0.1, 0.15) is 5.41 Å². The third kappa shape index (κ3) is 3.40. The van der Waals surface area contributed by atoms with E-state index >= 15 is 0 Å². The first kappa shape index (κ1) is 22.0. The number of esters is 1. The summed E-state index contributed by atoms with van der Waals surface area (Å²) < 4.78 is 5.22. The summed E-state index contributed by atoms with van der Waals surface area (Å²) in [5.41, 5.74) is 3.90. The SMILES string of the molecule is COC(=O)C1=C(C)N(Cc2ccc(Cl)cc2)C(c2ccccc2)=C[C@]12C(=O)Nc1ccccc12. The Morgan fingerprint density at radius 3 is 2.38 bits per heavy atom. The first-order valence-corrected chi connectivity index (χ1v) is 11.3. The minimum atomic E-state index is -1.30.